The number of carbonyl (C=O) groups is 1. The number of anilines is 1. The molecule has 30 heavy (non-hydrogen) atoms. The molecule has 1 aromatic heterocycles. The molecule has 0 amide bonds. The van der Waals surface area contributed by atoms with Crippen molar-refractivity contribution in [3.05, 3.63) is 41.3 Å². The lowest BCUT2D eigenvalue weighted by atomic mass is 9.64. The van der Waals surface area contributed by atoms with Gasteiger partial charge >= 0.3 is 12.1 Å². The number of allylic oxidation sites excluding steroid dienone is 4. The van der Waals surface area contributed by atoms with Crippen LogP contribution in [0.2, 0.25) is 0 Å². The lowest BCUT2D eigenvalue weighted by Gasteiger charge is -2.41. The van der Waals surface area contributed by atoms with E-state index in [4.69, 9.17) is 0 Å². The molecule has 4 rings (SSSR count). The molecule has 3 aliphatic rings. The fraction of sp³-hybridized carbons (Fsp3) is 0.591. The molecule has 5 nitrogen and oxygen atoms in total. The Bertz CT molecular complexity index is 913. The highest BCUT2D eigenvalue weighted by Gasteiger charge is 2.56. The largest absolute Gasteiger partial charge is 0.476 e. The Kier molecular flexibility index (Phi) is 4.94. The quantitative estimate of drug-likeness (QED) is 0.775. The Morgan fingerprint density at radius 1 is 1.17 bits per heavy atom. The molecular weight excluding hydrogens is 395 g/mol. The summed E-state index contributed by atoms with van der Waals surface area (Å²) in [4.78, 5) is 22.2. The number of hydrogen-bond acceptors (Lipinski definition) is 4. The lowest BCUT2D eigenvalue weighted by molar-refractivity contribution is -0.189. The topological polar surface area (TPSA) is 66.3 Å². The van der Waals surface area contributed by atoms with Crippen LogP contribution in [0.4, 0.5) is 19.1 Å². The number of aromatic nitrogens is 2. The van der Waals surface area contributed by atoms with Gasteiger partial charge in [-0.2, -0.15) is 13.2 Å². The van der Waals surface area contributed by atoms with E-state index in [0.717, 1.165) is 12.8 Å². The summed E-state index contributed by atoms with van der Waals surface area (Å²) >= 11 is 0. The van der Waals surface area contributed by atoms with Crippen molar-refractivity contribution in [3.63, 3.8) is 0 Å². The predicted octanol–water partition coefficient (Wildman–Crippen LogP) is 4.56. The normalized spacial score (nSPS) is 33.2. The van der Waals surface area contributed by atoms with E-state index in [9.17, 15) is 23.1 Å². The molecule has 5 atom stereocenters. The highest BCUT2D eigenvalue weighted by molar-refractivity contribution is 5.87. The van der Waals surface area contributed by atoms with E-state index < -0.39 is 23.5 Å². The number of alkyl halides is 3. The summed E-state index contributed by atoms with van der Waals surface area (Å²) in [6, 6.07) is 0. The number of aromatic carboxylic acids is 1. The monoisotopic (exact) mass is 421 g/mol. The molecule has 162 valence electrons. The van der Waals surface area contributed by atoms with Gasteiger partial charge in [0.2, 0.25) is 5.95 Å². The van der Waals surface area contributed by atoms with E-state index in [-0.39, 0.29) is 23.4 Å². The number of carboxylic acid groups (broad SMARTS) is 1. The fourth-order valence-corrected chi connectivity index (χ4v) is 5.54. The van der Waals surface area contributed by atoms with Gasteiger partial charge in [0, 0.05) is 29.8 Å². The number of fused-ring (bicyclic) bond motifs is 1. The molecule has 1 aliphatic heterocycles. The van der Waals surface area contributed by atoms with Gasteiger partial charge in [-0.05, 0) is 44.4 Å². The van der Waals surface area contributed by atoms with Gasteiger partial charge in [-0.15, -0.1) is 0 Å². The first kappa shape index (κ1) is 20.9. The number of nitrogens with zero attached hydrogens (tertiary/aromatic N) is 3. The zero-order chi connectivity index (χ0) is 21.8. The second-order valence-electron chi connectivity index (χ2n) is 9.11. The van der Waals surface area contributed by atoms with Gasteiger partial charge in [-0.25, -0.2) is 14.8 Å². The summed E-state index contributed by atoms with van der Waals surface area (Å²) in [5, 5.41) is 9.40. The molecule has 1 aromatic rings. The molecule has 1 saturated heterocycles. The van der Waals surface area contributed by atoms with Crippen LogP contribution in [0.25, 0.3) is 0 Å². The molecule has 1 N–H and O–H groups in total. The molecule has 8 heteroatoms. The third kappa shape index (κ3) is 3.40. The van der Waals surface area contributed by atoms with Gasteiger partial charge in [0.1, 0.15) is 0 Å². The number of rotatable bonds is 3. The van der Waals surface area contributed by atoms with Crippen molar-refractivity contribution in [3.8, 4) is 0 Å². The average Bonchev–Trinajstić information content (AvgIpc) is 3.22. The van der Waals surface area contributed by atoms with Gasteiger partial charge in [0.05, 0.1) is 5.92 Å². The molecule has 3 unspecified atom stereocenters. The maximum absolute atomic E-state index is 13.7. The Labute approximate surface area is 173 Å². The molecule has 1 saturated carbocycles. The second kappa shape index (κ2) is 7.10. The van der Waals surface area contributed by atoms with Crippen LogP contribution in [0.3, 0.4) is 0 Å². The van der Waals surface area contributed by atoms with Gasteiger partial charge in [-0.3, -0.25) is 0 Å². The van der Waals surface area contributed by atoms with Gasteiger partial charge in [-0.1, -0.05) is 31.2 Å². The van der Waals surface area contributed by atoms with Gasteiger partial charge in [0.25, 0.3) is 0 Å². The van der Waals surface area contributed by atoms with Crippen LogP contribution in [0.15, 0.2) is 24.3 Å². The van der Waals surface area contributed by atoms with Crippen molar-refractivity contribution in [2.24, 2.45) is 29.1 Å². The molecule has 0 bridgehead atoms. The Balaban J connectivity index is 1.52. The SMILES string of the molecule is Cc1nc(N2C[C@H]3CC(C4(C)C=CC=CC4C(F)(F)F)C[C@H]3C2)nc(C(=O)O)c1C. The van der Waals surface area contributed by atoms with Crippen LogP contribution in [0, 0.1) is 42.9 Å². The molecule has 0 radical (unpaired) electrons. The van der Waals surface area contributed by atoms with E-state index in [1.165, 1.54) is 12.2 Å². The standard InChI is InChI=1S/C22H26F3N3O2/c1-12-13(2)26-20(27-18(12)19(29)30)28-10-14-8-16(9-15(14)11-28)21(3)7-5-4-6-17(21)22(23,24)25/h4-7,14-17H,8-11H2,1-3H3,(H,29,30)/t14-,15+,16?,17?,21?. The third-order valence-corrected chi connectivity index (χ3v) is 7.39. The summed E-state index contributed by atoms with van der Waals surface area (Å²) in [7, 11) is 0. The molecule has 2 heterocycles. The van der Waals surface area contributed by atoms with Crippen molar-refractivity contribution in [2.45, 2.75) is 39.8 Å². The highest BCUT2D eigenvalue weighted by atomic mass is 19.4. The first-order chi connectivity index (χ1) is 14.0. The lowest BCUT2D eigenvalue weighted by Crippen LogP contribution is -2.42. The maximum Gasteiger partial charge on any atom is 0.395 e. The van der Waals surface area contributed by atoms with Gasteiger partial charge < -0.3 is 10.0 Å². The zero-order valence-electron chi connectivity index (χ0n) is 17.3. The van der Waals surface area contributed by atoms with Crippen molar-refractivity contribution < 1.29 is 23.1 Å². The first-order valence-electron chi connectivity index (χ1n) is 10.3. The molecular formula is C22H26F3N3O2. The average molecular weight is 421 g/mol. The van der Waals surface area contributed by atoms with E-state index >= 15 is 0 Å². The minimum atomic E-state index is -4.26. The van der Waals surface area contributed by atoms with Gasteiger partial charge in [0.15, 0.2) is 5.69 Å². The van der Waals surface area contributed by atoms with Crippen molar-refractivity contribution in [2.75, 3.05) is 18.0 Å². The molecule has 0 spiro atoms. The van der Waals surface area contributed by atoms with E-state index in [0.29, 0.717) is 30.3 Å². The van der Waals surface area contributed by atoms with Crippen LogP contribution in [0.1, 0.15) is 41.5 Å². The van der Waals surface area contributed by atoms with E-state index in [1.807, 2.05) is 4.90 Å². The van der Waals surface area contributed by atoms with Crippen LogP contribution < -0.4 is 4.90 Å². The fourth-order valence-electron chi connectivity index (χ4n) is 5.54. The molecule has 0 aromatic carbocycles. The minimum Gasteiger partial charge on any atom is -0.476 e. The summed E-state index contributed by atoms with van der Waals surface area (Å²) in [5.74, 6) is -1.66. The number of aryl methyl sites for hydroxylation is 1. The van der Waals surface area contributed by atoms with E-state index in [2.05, 4.69) is 9.97 Å². The highest BCUT2D eigenvalue weighted by Crippen LogP contribution is 2.56. The summed E-state index contributed by atoms with van der Waals surface area (Å²) in [6.45, 7) is 6.49. The summed E-state index contributed by atoms with van der Waals surface area (Å²) < 4.78 is 41.0. The number of halogens is 3. The summed E-state index contributed by atoms with van der Waals surface area (Å²) in [5.41, 5.74) is 0.253. The van der Waals surface area contributed by atoms with Crippen molar-refractivity contribution in [1.29, 1.82) is 0 Å². The third-order valence-electron chi connectivity index (χ3n) is 7.39. The Hall–Kier alpha value is -2.38. The maximum atomic E-state index is 13.7. The summed E-state index contributed by atoms with van der Waals surface area (Å²) in [6.07, 6.45) is 3.43. The zero-order valence-corrected chi connectivity index (χ0v) is 17.3. The van der Waals surface area contributed by atoms with Crippen LogP contribution in [0.5, 0.6) is 0 Å². The number of carboxylic acids is 1. The second-order valence-corrected chi connectivity index (χ2v) is 9.11. The molecule has 2 aliphatic carbocycles. The molecule has 2 fully saturated rings. The smallest absolute Gasteiger partial charge is 0.395 e. The van der Waals surface area contributed by atoms with Crippen molar-refractivity contribution >= 4 is 11.9 Å². The predicted molar refractivity (Wildman–Crippen MR) is 106 cm³/mol. The minimum absolute atomic E-state index is 0.00657. The van der Waals surface area contributed by atoms with Crippen molar-refractivity contribution in [1.82, 2.24) is 9.97 Å². The first-order valence-corrected chi connectivity index (χ1v) is 10.3. The van der Waals surface area contributed by atoms with Crippen LogP contribution in [-0.4, -0.2) is 40.3 Å². The Morgan fingerprint density at radius 2 is 1.80 bits per heavy atom. The van der Waals surface area contributed by atoms with Crippen LogP contribution in [-0.2, 0) is 0 Å². The Morgan fingerprint density at radius 3 is 2.37 bits per heavy atom. The van der Waals surface area contributed by atoms with E-state index in [1.54, 1.807) is 32.9 Å². The van der Waals surface area contributed by atoms with Crippen LogP contribution >= 0.6 is 0 Å². The number of hydrogen-bond donors (Lipinski definition) is 1.